The summed E-state index contributed by atoms with van der Waals surface area (Å²) in [6.45, 7) is 6.78. The maximum Gasteiger partial charge on any atom is 2.00 e. The largest absolute Gasteiger partial charge is 2.00 e. The van der Waals surface area contributed by atoms with Crippen molar-refractivity contribution in [3.05, 3.63) is 18.2 Å². The van der Waals surface area contributed by atoms with Crippen molar-refractivity contribution in [1.29, 1.82) is 0 Å². The van der Waals surface area contributed by atoms with Crippen LogP contribution in [0.25, 0.3) is 0 Å². The first kappa shape index (κ1) is 22.4. The quantitative estimate of drug-likeness (QED) is 0.232. The maximum absolute atomic E-state index is 5.06. The molecule has 1 radical (unpaired) electrons. The van der Waals surface area contributed by atoms with E-state index in [0.717, 1.165) is 5.69 Å². The van der Waals surface area contributed by atoms with Crippen LogP contribution in [-0.4, -0.2) is 44.4 Å². The van der Waals surface area contributed by atoms with Crippen molar-refractivity contribution in [2.45, 2.75) is 20.8 Å². The van der Waals surface area contributed by atoms with Crippen LogP contribution in [0.1, 0.15) is 26.5 Å². The second-order valence-corrected chi connectivity index (χ2v) is 5.10. The van der Waals surface area contributed by atoms with E-state index in [-0.39, 0.29) is 17.1 Å². The molecule has 0 atom stereocenters. The Morgan fingerprint density at radius 3 is 2.12 bits per heavy atom. The number of aromatic nitrogens is 2. The number of rotatable bonds is 6. The Hall–Kier alpha value is -1.55. The van der Waals surface area contributed by atoms with E-state index in [1.165, 1.54) is 0 Å². The van der Waals surface area contributed by atoms with Crippen molar-refractivity contribution < 1.29 is 17.1 Å². The van der Waals surface area contributed by atoms with Gasteiger partial charge in [0.15, 0.2) is 0 Å². The Morgan fingerprint density at radius 2 is 1.67 bits per heavy atom. The van der Waals surface area contributed by atoms with Gasteiger partial charge in [-0.15, -0.1) is 0 Å². The van der Waals surface area contributed by atoms with Crippen molar-refractivity contribution in [2.24, 2.45) is 27.2 Å². The zero-order chi connectivity index (χ0) is 17.2. The van der Waals surface area contributed by atoms with E-state index in [9.17, 15) is 0 Å². The number of hydrogen-bond acceptors (Lipinski definition) is 7. The Kier molecular flexibility index (Phi) is 11.1. The molecule has 24 heavy (non-hydrogen) atoms. The van der Waals surface area contributed by atoms with Crippen LogP contribution in [0.4, 0.5) is 0 Å². The number of imidazole rings is 1. The minimum absolute atomic E-state index is 0. The van der Waals surface area contributed by atoms with Crippen LogP contribution >= 0.6 is 0 Å². The van der Waals surface area contributed by atoms with Gasteiger partial charge in [-0.1, -0.05) is 0 Å². The van der Waals surface area contributed by atoms with Crippen LogP contribution in [0.3, 0.4) is 0 Å². The van der Waals surface area contributed by atoms with Crippen LogP contribution in [0.2, 0.25) is 0 Å². The average molecular weight is 416 g/mol. The first-order valence-corrected chi connectivity index (χ1v) is 7.85. The third-order valence-corrected chi connectivity index (χ3v) is 3.03. The number of hydrazone groups is 2. The first-order chi connectivity index (χ1) is 11.0. The molecule has 0 aliphatic rings. The average Bonchev–Trinajstić information content (AvgIpc) is 2.92. The molecule has 8 nitrogen and oxygen atoms in total. The minimum Gasteiger partial charge on any atom is -0.741 e. The van der Waals surface area contributed by atoms with Gasteiger partial charge in [0.1, 0.15) is 5.71 Å². The molecule has 2 N–H and O–H groups in total. The molecule has 0 aliphatic carbocycles. The second-order valence-electron chi connectivity index (χ2n) is 4.33. The van der Waals surface area contributed by atoms with E-state index >= 15 is 0 Å². The van der Waals surface area contributed by atoms with Crippen LogP contribution < -0.4 is 10.9 Å². The van der Waals surface area contributed by atoms with Gasteiger partial charge in [-0.05, 0) is 31.1 Å². The van der Waals surface area contributed by atoms with Gasteiger partial charge in [0.25, 0.3) is 0 Å². The second kappa shape index (κ2) is 11.9. The molecule has 0 amide bonds. The van der Waals surface area contributed by atoms with Crippen molar-refractivity contribution in [2.75, 3.05) is 13.1 Å². The molecule has 0 aromatic carbocycles. The van der Waals surface area contributed by atoms with Crippen molar-refractivity contribution in [1.82, 2.24) is 20.4 Å². The predicted molar refractivity (Wildman–Crippen MR) is 99.8 cm³/mol. The fourth-order valence-corrected chi connectivity index (χ4v) is 1.90. The first-order valence-electron chi connectivity index (χ1n) is 7.03. The molecule has 0 bridgehead atoms. The predicted octanol–water partition coefficient (Wildman–Crippen LogP) is 0.522. The van der Waals surface area contributed by atoms with Crippen molar-refractivity contribution in [3.63, 3.8) is 0 Å². The molecule has 0 saturated heterocycles. The summed E-state index contributed by atoms with van der Waals surface area (Å²) in [4.78, 5) is 12.2. The number of amidine groups is 2. The molecule has 0 spiro atoms. The van der Waals surface area contributed by atoms with Gasteiger partial charge >= 0.3 is 17.1 Å². The summed E-state index contributed by atoms with van der Waals surface area (Å²) in [5, 5.41) is 9.14. The van der Waals surface area contributed by atoms with Gasteiger partial charge in [0.2, 0.25) is 0 Å². The van der Waals surface area contributed by atoms with E-state index < -0.39 is 0 Å². The molecule has 1 heterocycles. The number of hydrogen-bond donors (Lipinski definition) is 2. The maximum atomic E-state index is 5.06. The summed E-state index contributed by atoms with van der Waals surface area (Å²) >= 11 is 10.1. The molecule has 1 rings (SSSR count). The zero-order valence-corrected chi connectivity index (χ0v) is 16.4. The standard InChI is InChI=1S/C13H22N8S2.Cu/c1-5-15-12(22)19-17-9(3)11(10-7-14-8-21(10)4)18-20-13(23)16-6-2;/h7-8H,5-6H2,1-4H3,(H2,15,19,22)(H2,16,20,23);/q;+2/p-2/b17-9+,18-11-;. The summed E-state index contributed by atoms with van der Waals surface area (Å²) in [5.41, 5.74) is 7.41. The SMILES string of the molecule is CCN=C([S-])N/N=C(C)/C(=N/NC([S-])=NCC)c1cncn1C.[Cu+2]. The van der Waals surface area contributed by atoms with Gasteiger partial charge in [0, 0.05) is 20.1 Å². The zero-order valence-electron chi connectivity index (χ0n) is 13.9. The summed E-state index contributed by atoms with van der Waals surface area (Å²) in [6.07, 6.45) is 3.37. The van der Waals surface area contributed by atoms with E-state index in [1.807, 2.05) is 25.5 Å². The number of nitrogens with zero attached hydrogens (tertiary/aromatic N) is 6. The Morgan fingerprint density at radius 1 is 1.12 bits per heavy atom. The fraction of sp³-hybridized carbons (Fsp3) is 0.462. The van der Waals surface area contributed by atoms with Gasteiger partial charge in [0.05, 0.1) is 23.9 Å². The normalized spacial score (nSPS) is 13.5. The van der Waals surface area contributed by atoms with E-state index in [2.05, 4.69) is 36.0 Å². The smallest absolute Gasteiger partial charge is 0.741 e. The molecule has 1 aromatic heterocycles. The molecule has 0 fully saturated rings. The number of nitrogens with one attached hydrogen (secondary N) is 2. The van der Waals surface area contributed by atoms with Crippen LogP contribution in [0.5, 0.6) is 0 Å². The molecule has 0 saturated carbocycles. The molecule has 1 aromatic rings. The third-order valence-electron chi connectivity index (χ3n) is 2.59. The van der Waals surface area contributed by atoms with Gasteiger partial charge in [-0.2, -0.15) is 10.2 Å². The van der Waals surface area contributed by atoms with Crippen molar-refractivity contribution in [3.8, 4) is 0 Å². The summed E-state index contributed by atoms with van der Waals surface area (Å²) < 4.78 is 1.83. The number of aryl methyl sites for hydroxylation is 1. The number of aliphatic imine (C=N–C) groups is 2. The van der Waals surface area contributed by atoms with Crippen LogP contribution in [0, 0.1) is 0 Å². The monoisotopic (exact) mass is 415 g/mol. The van der Waals surface area contributed by atoms with E-state index in [4.69, 9.17) is 25.3 Å². The minimum atomic E-state index is 0. The van der Waals surface area contributed by atoms with Gasteiger partial charge in [-0.3, -0.25) is 20.8 Å². The third kappa shape index (κ3) is 7.35. The van der Waals surface area contributed by atoms with Crippen molar-refractivity contribution >= 4 is 47.0 Å². The van der Waals surface area contributed by atoms with E-state index in [0.29, 0.717) is 34.8 Å². The molecule has 11 heteroatoms. The summed E-state index contributed by atoms with van der Waals surface area (Å²) in [6, 6.07) is 0. The molecule has 0 unspecified atom stereocenters. The summed E-state index contributed by atoms with van der Waals surface area (Å²) in [7, 11) is 1.87. The Labute approximate surface area is 163 Å². The molecule has 0 aliphatic heterocycles. The molecular formula is C13H20CuN8S2. The van der Waals surface area contributed by atoms with Gasteiger partial charge < -0.3 is 29.8 Å². The van der Waals surface area contributed by atoms with Gasteiger partial charge in [-0.25, -0.2) is 4.98 Å². The Balaban J connectivity index is 0.00000529. The molecule has 135 valence electrons. The summed E-state index contributed by atoms with van der Waals surface area (Å²) in [5.74, 6) is 0. The van der Waals surface area contributed by atoms with E-state index in [1.54, 1.807) is 19.4 Å². The van der Waals surface area contributed by atoms with Crippen LogP contribution in [0.15, 0.2) is 32.7 Å². The van der Waals surface area contributed by atoms with Crippen LogP contribution in [-0.2, 0) is 49.4 Å². The Bertz CT molecular complexity index is 636. The fourth-order valence-electron chi connectivity index (χ4n) is 1.56. The molecular weight excluding hydrogens is 396 g/mol. The topological polar surface area (TPSA) is 91.3 Å².